The molecule has 1 heterocycles. The lowest BCUT2D eigenvalue weighted by molar-refractivity contribution is 0.611. The summed E-state index contributed by atoms with van der Waals surface area (Å²) in [6.45, 7) is 6.45. The number of rotatable bonds is 7. The first-order chi connectivity index (χ1) is 10.3. The molecule has 1 aliphatic rings. The molecule has 1 N–H and O–H groups in total. The van der Waals surface area contributed by atoms with Gasteiger partial charge in [0.2, 0.25) is 0 Å². The molecule has 1 saturated carbocycles. The van der Waals surface area contributed by atoms with Crippen LogP contribution < -0.4 is 5.32 Å². The van der Waals surface area contributed by atoms with Gasteiger partial charge in [0.15, 0.2) is 0 Å². The molecule has 1 unspecified atom stereocenters. The van der Waals surface area contributed by atoms with Crippen LogP contribution in [-0.2, 0) is 13.0 Å². The fourth-order valence-corrected chi connectivity index (χ4v) is 2.70. The minimum atomic E-state index is 0.582. The highest BCUT2D eigenvalue weighted by Crippen LogP contribution is 2.21. The van der Waals surface area contributed by atoms with Gasteiger partial charge in [-0.25, -0.2) is 4.98 Å². The Morgan fingerprint density at radius 1 is 1.29 bits per heavy atom. The van der Waals surface area contributed by atoms with E-state index in [0.717, 1.165) is 31.4 Å². The van der Waals surface area contributed by atoms with Gasteiger partial charge < -0.3 is 9.88 Å². The predicted octanol–water partition coefficient (Wildman–Crippen LogP) is 3.35. The lowest BCUT2D eigenvalue weighted by Gasteiger charge is -2.14. The fourth-order valence-electron chi connectivity index (χ4n) is 2.70. The molecule has 0 amide bonds. The Morgan fingerprint density at radius 3 is 2.71 bits per heavy atom. The highest BCUT2D eigenvalue weighted by atomic mass is 15.1. The number of nitrogens with zero attached hydrogens (tertiary/aromatic N) is 2. The second-order valence-corrected chi connectivity index (χ2v) is 6.15. The molecule has 0 bridgehead atoms. The smallest absolute Gasteiger partial charge is 0.108 e. The van der Waals surface area contributed by atoms with Crippen molar-refractivity contribution in [1.29, 1.82) is 0 Å². The zero-order valence-corrected chi connectivity index (χ0v) is 13.0. The van der Waals surface area contributed by atoms with Crippen LogP contribution >= 0.6 is 0 Å². The third-order valence-electron chi connectivity index (χ3n) is 4.31. The second kappa shape index (κ2) is 6.44. The maximum atomic E-state index is 4.38. The quantitative estimate of drug-likeness (QED) is 0.844. The first kappa shape index (κ1) is 14.3. The van der Waals surface area contributed by atoms with E-state index in [1.807, 2.05) is 6.20 Å². The molecule has 1 aromatic carbocycles. The van der Waals surface area contributed by atoms with Crippen molar-refractivity contribution in [2.75, 3.05) is 6.54 Å². The SMILES string of the molecule is CCc1nccn1Cc1ccc(C(C)CNC2CC2)cc1. The Labute approximate surface area is 127 Å². The number of hydrogen-bond acceptors (Lipinski definition) is 2. The van der Waals surface area contributed by atoms with Gasteiger partial charge in [0, 0.05) is 37.9 Å². The van der Waals surface area contributed by atoms with Gasteiger partial charge in [-0.1, -0.05) is 38.1 Å². The Morgan fingerprint density at radius 2 is 2.05 bits per heavy atom. The molecule has 0 aliphatic heterocycles. The van der Waals surface area contributed by atoms with Crippen molar-refractivity contribution in [2.45, 2.75) is 51.6 Å². The van der Waals surface area contributed by atoms with E-state index in [4.69, 9.17) is 0 Å². The summed E-state index contributed by atoms with van der Waals surface area (Å²) in [7, 11) is 0. The molecule has 0 saturated heterocycles. The van der Waals surface area contributed by atoms with Crippen molar-refractivity contribution < 1.29 is 0 Å². The van der Waals surface area contributed by atoms with Crippen molar-refractivity contribution in [3.8, 4) is 0 Å². The maximum Gasteiger partial charge on any atom is 0.108 e. The monoisotopic (exact) mass is 283 g/mol. The Bertz CT molecular complexity index is 566. The van der Waals surface area contributed by atoms with Crippen LogP contribution in [0.1, 0.15) is 49.6 Å². The largest absolute Gasteiger partial charge is 0.331 e. The summed E-state index contributed by atoms with van der Waals surface area (Å²) in [4.78, 5) is 4.38. The molecule has 1 atom stereocenters. The molecular weight excluding hydrogens is 258 g/mol. The molecule has 112 valence electrons. The third kappa shape index (κ3) is 3.73. The van der Waals surface area contributed by atoms with Crippen LogP contribution in [0.15, 0.2) is 36.7 Å². The summed E-state index contributed by atoms with van der Waals surface area (Å²) in [6.07, 6.45) is 7.65. The normalized spacial score (nSPS) is 16.1. The zero-order valence-electron chi connectivity index (χ0n) is 13.0. The van der Waals surface area contributed by atoms with Gasteiger partial charge in [0.25, 0.3) is 0 Å². The Kier molecular flexibility index (Phi) is 4.39. The van der Waals surface area contributed by atoms with Crippen molar-refractivity contribution in [3.05, 3.63) is 53.6 Å². The molecule has 1 aliphatic carbocycles. The van der Waals surface area contributed by atoms with Gasteiger partial charge >= 0.3 is 0 Å². The summed E-state index contributed by atoms with van der Waals surface area (Å²) in [5.41, 5.74) is 2.77. The van der Waals surface area contributed by atoms with E-state index in [0.29, 0.717) is 5.92 Å². The van der Waals surface area contributed by atoms with Crippen molar-refractivity contribution in [1.82, 2.24) is 14.9 Å². The predicted molar refractivity (Wildman–Crippen MR) is 86.6 cm³/mol. The number of hydrogen-bond donors (Lipinski definition) is 1. The summed E-state index contributed by atoms with van der Waals surface area (Å²) < 4.78 is 2.23. The number of imidazole rings is 1. The molecule has 3 nitrogen and oxygen atoms in total. The molecule has 1 aromatic heterocycles. The number of aryl methyl sites for hydroxylation is 1. The number of benzene rings is 1. The van der Waals surface area contributed by atoms with Crippen LogP contribution in [0.3, 0.4) is 0 Å². The van der Waals surface area contributed by atoms with Crippen molar-refractivity contribution in [3.63, 3.8) is 0 Å². The summed E-state index contributed by atoms with van der Waals surface area (Å²) >= 11 is 0. The molecule has 0 radical (unpaired) electrons. The van der Waals surface area contributed by atoms with E-state index in [9.17, 15) is 0 Å². The van der Waals surface area contributed by atoms with E-state index in [-0.39, 0.29) is 0 Å². The molecule has 1 fully saturated rings. The van der Waals surface area contributed by atoms with Crippen molar-refractivity contribution >= 4 is 0 Å². The van der Waals surface area contributed by atoms with Crippen LogP contribution in [0.2, 0.25) is 0 Å². The van der Waals surface area contributed by atoms with Crippen LogP contribution in [0.25, 0.3) is 0 Å². The molecule has 0 spiro atoms. The summed E-state index contributed by atoms with van der Waals surface area (Å²) in [5, 5.41) is 3.61. The highest BCUT2D eigenvalue weighted by Gasteiger charge is 2.21. The highest BCUT2D eigenvalue weighted by molar-refractivity contribution is 5.26. The molecule has 2 aromatic rings. The van der Waals surface area contributed by atoms with E-state index >= 15 is 0 Å². The van der Waals surface area contributed by atoms with Gasteiger partial charge in [-0.05, 0) is 29.9 Å². The molecular formula is C18H25N3. The molecule has 3 heteroatoms. The lowest BCUT2D eigenvalue weighted by atomic mass is 9.99. The van der Waals surface area contributed by atoms with Gasteiger partial charge in [0.1, 0.15) is 5.82 Å². The summed E-state index contributed by atoms with van der Waals surface area (Å²) in [6, 6.07) is 9.85. The van der Waals surface area contributed by atoms with E-state index in [1.165, 1.54) is 24.0 Å². The fraction of sp³-hybridized carbons (Fsp3) is 0.500. The third-order valence-corrected chi connectivity index (χ3v) is 4.31. The van der Waals surface area contributed by atoms with Crippen molar-refractivity contribution in [2.24, 2.45) is 0 Å². The molecule has 21 heavy (non-hydrogen) atoms. The Balaban J connectivity index is 1.60. The number of nitrogens with one attached hydrogen (secondary N) is 1. The van der Waals surface area contributed by atoms with Crippen LogP contribution in [0.4, 0.5) is 0 Å². The van der Waals surface area contributed by atoms with E-state index in [1.54, 1.807) is 0 Å². The summed E-state index contributed by atoms with van der Waals surface area (Å²) in [5.74, 6) is 1.74. The lowest BCUT2D eigenvalue weighted by Crippen LogP contribution is -2.22. The van der Waals surface area contributed by atoms with E-state index < -0.39 is 0 Å². The average molecular weight is 283 g/mol. The molecule has 3 rings (SSSR count). The van der Waals surface area contributed by atoms with Crippen LogP contribution in [-0.4, -0.2) is 22.1 Å². The van der Waals surface area contributed by atoms with Crippen LogP contribution in [0.5, 0.6) is 0 Å². The van der Waals surface area contributed by atoms with E-state index in [2.05, 4.69) is 59.2 Å². The first-order valence-electron chi connectivity index (χ1n) is 8.08. The van der Waals surface area contributed by atoms with Gasteiger partial charge in [0.05, 0.1) is 0 Å². The minimum Gasteiger partial charge on any atom is -0.331 e. The Hall–Kier alpha value is -1.61. The maximum absolute atomic E-state index is 4.38. The van der Waals surface area contributed by atoms with Gasteiger partial charge in [-0.15, -0.1) is 0 Å². The van der Waals surface area contributed by atoms with Gasteiger partial charge in [-0.3, -0.25) is 0 Å². The first-order valence-corrected chi connectivity index (χ1v) is 8.08. The zero-order chi connectivity index (χ0) is 14.7. The van der Waals surface area contributed by atoms with Crippen LogP contribution in [0, 0.1) is 0 Å². The average Bonchev–Trinajstić information content (AvgIpc) is 3.24. The second-order valence-electron chi connectivity index (χ2n) is 6.15. The van der Waals surface area contributed by atoms with Gasteiger partial charge in [-0.2, -0.15) is 0 Å². The number of aromatic nitrogens is 2. The standard InChI is InChI=1S/C18H25N3/c1-3-18-19-10-11-21(18)13-15-4-6-16(7-5-15)14(2)12-20-17-8-9-17/h4-7,10-11,14,17,20H,3,8-9,12-13H2,1-2H3. The minimum absolute atomic E-state index is 0.582. The topological polar surface area (TPSA) is 29.9 Å².